The van der Waals surface area contributed by atoms with Gasteiger partial charge in [-0.3, -0.25) is 4.57 Å². The van der Waals surface area contributed by atoms with Gasteiger partial charge in [0.1, 0.15) is 17.0 Å². The molecule has 1 aromatic heterocycles. The second kappa shape index (κ2) is 4.40. The van der Waals surface area contributed by atoms with E-state index in [4.69, 9.17) is 28.9 Å². The Morgan fingerprint density at radius 1 is 1.05 bits per heavy atom. The second-order valence-electron chi connectivity index (χ2n) is 3.98. The van der Waals surface area contributed by atoms with Gasteiger partial charge in [-0.05, 0) is 24.3 Å². The molecule has 0 fully saturated rings. The number of halogens is 3. The molecular formula is C13H8Cl2FN3. The summed E-state index contributed by atoms with van der Waals surface area (Å²) in [6.07, 6.45) is 0. The van der Waals surface area contributed by atoms with Gasteiger partial charge in [-0.2, -0.15) is 0 Å². The molecule has 2 aromatic carbocycles. The molecule has 6 heteroatoms. The molecular weight excluding hydrogens is 288 g/mol. The van der Waals surface area contributed by atoms with Gasteiger partial charge in [-0.25, -0.2) is 9.37 Å². The number of hydrogen-bond donors (Lipinski definition) is 1. The van der Waals surface area contributed by atoms with Gasteiger partial charge in [0.25, 0.3) is 0 Å². The van der Waals surface area contributed by atoms with Crippen molar-refractivity contribution >= 4 is 40.2 Å². The third-order valence-electron chi connectivity index (χ3n) is 2.82. The molecule has 0 aliphatic heterocycles. The van der Waals surface area contributed by atoms with E-state index in [1.165, 1.54) is 16.7 Å². The van der Waals surface area contributed by atoms with Crippen LogP contribution < -0.4 is 5.73 Å². The molecule has 0 atom stereocenters. The Balaban J connectivity index is 2.44. The molecule has 0 amide bonds. The van der Waals surface area contributed by atoms with Crippen molar-refractivity contribution < 1.29 is 4.39 Å². The van der Waals surface area contributed by atoms with Crippen molar-refractivity contribution in [2.45, 2.75) is 0 Å². The number of benzene rings is 2. The highest BCUT2D eigenvalue weighted by molar-refractivity contribution is 6.35. The lowest BCUT2D eigenvalue weighted by Gasteiger charge is -2.09. The maximum atomic E-state index is 14.0. The van der Waals surface area contributed by atoms with Crippen LogP contribution >= 0.6 is 23.2 Å². The van der Waals surface area contributed by atoms with Crippen molar-refractivity contribution in [3.8, 4) is 5.69 Å². The molecule has 19 heavy (non-hydrogen) atoms. The average molecular weight is 296 g/mol. The average Bonchev–Trinajstić information content (AvgIpc) is 2.68. The molecule has 0 unspecified atom stereocenters. The molecule has 0 spiro atoms. The Kier molecular flexibility index (Phi) is 2.84. The van der Waals surface area contributed by atoms with Crippen molar-refractivity contribution in [1.29, 1.82) is 0 Å². The molecule has 2 N–H and O–H groups in total. The number of para-hydroxylation sites is 2. The maximum absolute atomic E-state index is 14.0. The Morgan fingerprint density at radius 2 is 1.74 bits per heavy atom. The van der Waals surface area contributed by atoms with Crippen molar-refractivity contribution in [3.05, 3.63) is 52.3 Å². The molecule has 0 aliphatic rings. The zero-order chi connectivity index (χ0) is 13.6. The van der Waals surface area contributed by atoms with Gasteiger partial charge in [0.15, 0.2) is 0 Å². The van der Waals surface area contributed by atoms with Gasteiger partial charge in [-0.15, -0.1) is 0 Å². The zero-order valence-corrected chi connectivity index (χ0v) is 11.1. The minimum Gasteiger partial charge on any atom is -0.369 e. The van der Waals surface area contributed by atoms with Crippen LogP contribution in [-0.2, 0) is 0 Å². The van der Waals surface area contributed by atoms with Crippen LogP contribution in [0.2, 0.25) is 10.0 Å². The summed E-state index contributed by atoms with van der Waals surface area (Å²) in [6, 6.07) is 9.64. The fraction of sp³-hybridized carbons (Fsp3) is 0. The summed E-state index contributed by atoms with van der Waals surface area (Å²) in [5.74, 6) is -0.339. The van der Waals surface area contributed by atoms with Crippen molar-refractivity contribution in [2.24, 2.45) is 0 Å². The largest absolute Gasteiger partial charge is 0.369 e. The van der Waals surface area contributed by atoms with E-state index in [2.05, 4.69) is 4.98 Å². The highest BCUT2D eigenvalue weighted by Crippen LogP contribution is 2.32. The highest BCUT2D eigenvalue weighted by atomic mass is 35.5. The monoisotopic (exact) mass is 295 g/mol. The Labute approximate surface area is 118 Å². The third kappa shape index (κ3) is 1.84. The first-order chi connectivity index (χ1) is 9.09. The van der Waals surface area contributed by atoms with E-state index in [0.717, 1.165) is 0 Å². The summed E-state index contributed by atoms with van der Waals surface area (Å²) >= 11 is 12.1. The SMILES string of the molecule is Nc1nc2c(Cl)cccc2n1-c1c(F)cccc1Cl. The summed E-state index contributed by atoms with van der Waals surface area (Å²) in [7, 11) is 0. The van der Waals surface area contributed by atoms with E-state index in [1.807, 2.05) is 0 Å². The Hall–Kier alpha value is -1.78. The summed E-state index contributed by atoms with van der Waals surface area (Å²) in [6.45, 7) is 0. The van der Waals surface area contributed by atoms with E-state index in [0.29, 0.717) is 16.1 Å². The van der Waals surface area contributed by atoms with Crippen LogP contribution in [0, 0.1) is 5.82 Å². The number of nitrogens with two attached hydrogens (primary N) is 1. The standard InChI is InChI=1S/C13H8Cl2FN3/c14-7-3-2-6-10-11(7)18-13(17)19(10)12-8(15)4-1-5-9(12)16/h1-6H,(H2,17,18). The third-order valence-corrected chi connectivity index (χ3v) is 3.43. The first kappa shape index (κ1) is 12.3. The normalized spacial score (nSPS) is 11.1. The molecule has 0 bridgehead atoms. The maximum Gasteiger partial charge on any atom is 0.206 e. The number of imidazole rings is 1. The van der Waals surface area contributed by atoms with E-state index in [-0.39, 0.29) is 16.7 Å². The molecule has 0 saturated carbocycles. The molecule has 0 radical (unpaired) electrons. The van der Waals surface area contributed by atoms with Crippen LogP contribution in [0.25, 0.3) is 16.7 Å². The van der Waals surface area contributed by atoms with E-state index in [9.17, 15) is 4.39 Å². The molecule has 0 aliphatic carbocycles. The van der Waals surface area contributed by atoms with Crippen LogP contribution in [0.15, 0.2) is 36.4 Å². The van der Waals surface area contributed by atoms with Crippen molar-refractivity contribution in [2.75, 3.05) is 5.73 Å². The fourth-order valence-electron chi connectivity index (χ4n) is 2.02. The number of fused-ring (bicyclic) bond motifs is 1. The number of nitrogens with zero attached hydrogens (tertiary/aromatic N) is 2. The minimum absolute atomic E-state index is 0.134. The van der Waals surface area contributed by atoms with Gasteiger partial charge < -0.3 is 5.73 Å². The Bertz CT molecular complexity index is 763. The first-order valence-corrected chi connectivity index (χ1v) is 6.22. The van der Waals surface area contributed by atoms with Crippen molar-refractivity contribution in [1.82, 2.24) is 9.55 Å². The van der Waals surface area contributed by atoms with E-state index < -0.39 is 5.82 Å². The molecule has 3 aromatic rings. The zero-order valence-electron chi connectivity index (χ0n) is 9.57. The molecule has 3 rings (SSSR count). The molecule has 3 nitrogen and oxygen atoms in total. The van der Waals surface area contributed by atoms with Crippen LogP contribution in [0.3, 0.4) is 0 Å². The minimum atomic E-state index is -0.474. The fourth-order valence-corrected chi connectivity index (χ4v) is 2.48. The van der Waals surface area contributed by atoms with Gasteiger partial charge in [0, 0.05) is 0 Å². The Morgan fingerprint density at radius 3 is 2.47 bits per heavy atom. The van der Waals surface area contributed by atoms with Gasteiger partial charge in [0.05, 0.1) is 15.6 Å². The van der Waals surface area contributed by atoms with Crippen LogP contribution in [0.1, 0.15) is 0 Å². The first-order valence-electron chi connectivity index (χ1n) is 5.46. The summed E-state index contributed by atoms with van der Waals surface area (Å²) in [5, 5.41) is 0.710. The van der Waals surface area contributed by atoms with Crippen LogP contribution in [-0.4, -0.2) is 9.55 Å². The van der Waals surface area contributed by atoms with Gasteiger partial charge in [-0.1, -0.05) is 35.3 Å². The molecule has 0 saturated heterocycles. The lowest BCUT2D eigenvalue weighted by molar-refractivity contribution is 0.620. The number of nitrogen functional groups attached to an aromatic ring is 1. The van der Waals surface area contributed by atoms with Crippen LogP contribution in [0.5, 0.6) is 0 Å². The number of aromatic nitrogens is 2. The van der Waals surface area contributed by atoms with Gasteiger partial charge >= 0.3 is 0 Å². The number of anilines is 1. The molecule has 96 valence electrons. The van der Waals surface area contributed by atoms with Crippen molar-refractivity contribution in [3.63, 3.8) is 0 Å². The topological polar surface area (TPSA) is 43.8 Å². The lowest BCUT2D eigenvalue weighted by Crippen LogP contribution is -2.03. The summed E-state index contributed by atoms with van der Waals surface area (Å²) < 4.78 is 15.5. The smallest absolute Gasteiger partial charge is 0.206 e. The summed E-state index contributed by atoms with van der Waals surface area (Å²) in [4.78, 5) is 4.15. The predicted molar refractivity (Wildman–Crippen MR) is 75.5 cm³/mol. The van der Waals surface area contributed by atoms with E-state index in [1.54, 1.807) is 24.3 Å². The number of hydrogen-bond acceptors (Lipinski definition) is 2. The quantitative estimate of drug-likeness (QED) is 0.736. The number of rotatable bonds is 1. The van der Waals surface area contributed by atoms with E-state index >= 15 is 0 Å². The van der Waals surface area contributed by atoms with Crippen LogP contribution in [0.4, 0.5) is 10.3 Å². The van der Waals surface area contributed by atoms with Gasteiger partial charge in [0.2, 0.25) is 5.95 Å². The highest BCUT2D eigenvalue weighted by Gasteiger charge is 2.17. The molecule has 1 heterocycles. The lowest BCUT2D eigenvalue weighted by atomic mass is 10.2. The summed E-state index contributed by atoms with van der Waals surface area (Å²) in [5.41, 5.74) is 7.16. The predicted octanol–water partition coefficient (Wildman–Crippen LogP) is 4.05. The second-order valence-corrected chi connectivity index (χ2v) is 4.80.